The fourth-order valence-electron chi connectivity index (χ4n) is 2.93. The molecule has 0 saturated carbocycles. The first-order valence-electron chi connectivity index (χ1n) is 8.01. The fraction of sp³-hybridized carbons (Fsp3) is 0.800. The maximum Gasteiger partial charge on any atom is 0.315 e. The van der Waals surface area contributed by atoms with Gasteiger partial charge in [0.15, 0.2) is 0 Å². The number of urea groups is 1. The summed E-state index contributed by atoms with van der Waals surface area (Å²) in [7, 11) is 0. The highest BCUT2D eigenvalue weighted by Crippen LogP contribution is 2.33. The Morgan fingerprint density at radius 1 is 1.23 bits per heavy atom. The Morgan fingerprint density at radius 2 is 2.05 bits per heavy atom. The van der Waals surface area contributed by atoms with E-state index in [1.807, 2.05) is 11.8 Å². The predicted octanol–water partition coefficient (Wildman–Crippen LogP) is 1.20. The van der Waals surface area contributed by atoms with Gasteiger partial charge in [-0.1, -0.05) is 6.42 Å². The zero-order valence-electron chi connectivity index (χ0n) is 13.0. The molecule has 0 aliphatic carbocycles. The molecule has 22 heavy (non-hydrogen) atoms. The number of carbonyl (C=O) groups is 3. The van der Waals surface area contributed by atoms with Crippen molar-refractivity contribution in [3.8, 4) is 0 Å². The monoisotopic (exact) mass is 327 g/mol. The van der Waals surface area contributed by atoms with Crippen LogP contribution in [0.15, 0.2) is 0 Å². The molecule has 3 amide bonds. The lowest BCUT2D eigenvalue weighted by atomic mass is 10.0. The van der Waals surface area contributed by atoms with E-state index in [-0.39, 0.29) is 29.8 Å². The molecule has 7 heteroatoms. The van der Waals surface area contributed by atoms with Gasteiger partial charge in [-0.15, -0.1) is 0 Å². The minimum Gasteiger partial charge on any atom is -0.356 e. The number of fused-ring (bicyclic) bond motifs is 1. The maximum atomic E-state index is 11.6. The van der Waals surface area contributed by atoms with Crippen molar-refractivity contribution in [2.75, 3.05) is 12.3 Å². The molecule has 3 N–H and O–H groups in total. The molecule has 0 bridgehead atoms. The van der Waals surface area contributed by atoms with Gasteiger partial charge < -0.3 is 20.7 Å². The third-order valence-electron chi connectivity index (χ3n) is 4.11. The van der Waals surface area contributed by atoms with Crippen LogP contribution in [0.4, 0.5) is 4.79 Å². The van der Waals surface area contributed by atoms with Crippen LogP contribution < -0.4 is 16.0 Å². The van der Waals surface area contributed by atoms with E-state index in [1.54, 1.807) is 6.92 Å². The zero-order chi connectivity index (χ0) is 15.9. The van der Waals surface area contributed by atoms with Gasteiger partial charge >= 0.3 is 6.03 Å². The minimum atomic E-state index is -0.0507. The molecular weight excluding hydrogens is 302 g/mol. The Morgan fingerprint density at radius 3 is 2.82 bits per heavy atom. The molecular formula is C15H25N3O3S. The van der Waals surface area contributed by atoms with Crippen LogP contribution in [-0.2, 0) is 9.59 Å². The standard InChI is InChI=1S/C15H25N3O3S/c1-10(19)5-4-8-16-13(20)7-3-2-6-12-14-11(9-22-12)17-15(21)18-14/h11-12,14H,2-9H2,1H3,(H,16,20)(H2,17,18,21)/t11-,12-,14-/m0/s1. The Labute approximate surface area is 135 Å². The van der Waals surface area contributed by atoms with Crippen molar-refractivity contribution >= 4 is 29.5 Å². The first-order chi connectivity index (χ1) is 10.6. The largest absolute Gasteiger partial charge is 0.356 e. The van der Waals surface area contributed by atoms with Crippen molar-refractivity contribution in [2.45, 2.75) is 62.8 Å². The molecule has 0 unspecified atom stereocenters. The van der Waals surface area contributed by atoms with Crippen LogP contribution in [-0.4, -0.2) is 47.4 Å². The summed E-state index contributed by atoms with van der Waals surface area (Å²) in [5.41, 5.74) is 0. The number of Topliss-reactive ketones (excluding diaryl/α,β-unsaturated/α-hetero) is 1. The van der Waals surface area contributed by atoms with E-state index in [0.29, 0.717) is 24.6 Å². The van der Waals surface area contributed by atoms with E-state index >= 15 is 0 Å². The second-order valence-electron chi connectivity index (χ2n) is 6.02. The lowest BCUT2D eigenvalue weighted by molar-refractivity contribution is -0.121. The van der Waals surface area contributed by atoms with Gasteiger partial charge in [-0.3, -0.25) is 4.79 Å². The molecule has 0 aromatic rings. The van der Waals surface area contributed by atoms with Crippen molar-refractivity contribution < 1.29 is 14.4 Å². The first kappa shape index (κ1) is 17.1. The van der Waals surface area contributed by atoms with E-state index in [0.717, 1.165) is 31.4 Å². The SMILES string of the molecule is CC(=O)CCCNC(=O)CCCC[C@@H]1SC[C@@H]2NC(=O)N[C@@H]21. The smallest absolute Gasteiger partial charge is 0.315 e. The van der Waals surface area contributed by atoms with Crippen molar-refractivity contribution in [3.63, 3.8) is 0 Å². The molecule has 0 spiro atoms. The van der Waals surface area contributed by atoms with Crippen LogP contribution in [0.5, 0.6) is 0 Å². The Balaban J connectivity index is 1.51. The number of amides is 3. The molecule has 124 valence electrons. The average molecular weight is 327 g/mol. The van der Waals surface area contributed by atoms with Gasteiger partial charge in [0.05, 0.1) is 12.1 Å². The van der Waals surface area contributed by atoms with Crippen molar-refractivity contribution in [1.29, 1.82) is 0 Å². The summed E-state index contributed by atoms with van der Waals surface area (Å²) in [6, 6.07) is 0.468. The van der Waals surface area contributed by atoms with E-state index in [1.165, 1.54) is 0 Å². The molecule has 3 atom stereocenters. The normalized spacial score (nSPS) is 26.2. The van der Waals surface area contributed by atoms with E-state index in [4.69, 9.17) is 0 Å². The summed E-state index contributed by atoms with van der Waals surface area (Å²) >= 11 is 1.91. The van der Waals surface area contributed by atoms with Gasteiger partial charge in [0, 0.05) is 30.4 Å². The van der Waals surface area contributed by atoms with Gasteiger partial charge in [0.1, 0.15) is 5.78 Å². The van der Waals surface area contributed by atoms with Crippen LogP contribution in [0.25, 0.3) is 0 Å². The number of ketones is 1. The van der Waals surface area contributed by atoms with Gasteiger partial charge in [-0.2, -0.15) is 11.8 Å². The van der Waals surface area contributed by atoms with Crippen LogP contribution in [0.3, 0.4) is 0 Å². The number of unbranched alkanes of at least 4 members (excludes halogenated alkanes) is 1. The lowest BCUT2D eigenvalue weighted by Crippen LogP contribution is -2.36. The van der Waals surface area contributed by atoms with Crippen LogP contribution >= 0.6 is 11.8 Å². The molecule has 2 saturated heterocycles. The van der Waals surface area contributed by atoms with Gasteiger partial charge in [-0.25, -0.2) is 4.79 Å². The van der Waals surface area contributed by atoms with Gasteiger partial charge in [0.2, 0.25) is 5.91 Å². The Hall–Kier alpha value is -1.24. The number of rotatable bonds is 9. The third kappa shape index (κ3) is 5.19. The highest BCUT2D eigenvalue weighted by molar-refractivity contribution is 8.00. The number of thioether (sulfide) groups is 1. The van der Waals surface area contributed by atoms with Crippen LogP contribution in [0, 0.1) is 0 Å². The molecule has 0 aromatic heterocycles. The van der Waals surface area contributed by atoms with Gasteiger partial charge in [-0.05, 0) is 26.2 Å². The van der Waals surface area contributed by atoms with E-state index < -0.39 is 0 Å². The fourth-order valence-corrected chi connectivity index (χ4v) is 4.47. The number of carbonyl (C=O) groups excluding carboxylic acids is 3. The van der Waals surface area contributed by atoms with E-state index in [2.05, 4.69) is 16.0 Å². The second kappa shape index (κ2) is 8.41. The molecule has 2 fully saturated rings. The molecule has 6 nitrogen and oxygen atoms in total. The summed E-state index contributed by atoms with van der Waals surface area (Å²) < 4.78 is 0. The number of nitrogens with one attached hydrogen (secondary N) is 3. The predicted molar refractivity (Wildman–Crippen MR) is 86.9 cm³/mol. The van der Waals surface area contributed by atoms with Crippen LogP contribution in [0.1, 0.15) is 45.4 Å². The topological polar surface area (TPSA) is 87.3 Å². The highest BCUT2D eigenvalue weighted by Gasteiger charge is 2.42. The molecule has 2 aliphatic rings. The Bertz CT molecular complexity index is 430. The molecule has 0 aromatic carbocycles. The maximum absolute atomic E-state index is 11.6. The van der Waals surface area contributed by atoms with E-state index in [9.17, 15) is 14.4 Å². The number of hydrogen-bond donors (Lipinski definition) is 3. The Kier molecular flexibility index (Phi) is 6.54. The average Bonchev–Trinajstić information content (AvgIpc) is 2.99. The van der Waals surface area contributed by atoms with Crippen molar-refractivity contribution in [1.82, 2.24) is 16.0 Å². The number of hydrogen-bond acceptors (Lipinski definition) is 4. The highest BCUT2D eigenvalue weighted by atomic mass is 32.2. The third-order valence-corrected chi connectivity index (χ3v) is 5.62. The summed E-state index contributed by atoms with van der Waals surface area (Å²) in [5.74, 6) is 1.21. The summed E-state index contributed by atoms with van der Waals surface area (Å²) in [6.07, 6.45) is 4.69. The summed E-state index contributed by atoms with van der Waals surface area (Å²) in [6.45, 7) is 2.15. The minimum absolute atomic E-state index is 0.0507. The first-order valence-corrected chi connectivity index (χ1v) is 9.06. The van der Waals surface area contributed by atoms with Crippen molar-refractivity contribution in [3.05, 3.63) is 0 Å². The van der Waals surface area contributed by atoms with Gasteiger partial charge in [0.25, 0.3) is 0 Å². The summed E-state index contributed by atoms with van der Waals surface area (Å²) in [4.78, 5) is 33.7. The lowest BCUT2D eigenvalue weighted by Gasteiger charge is -2.16. The molecule has 2 aliphatic heterocycles. The van der Waals surface area contributed by atoms with Crippen LogP contribution in [0.2, 0.25) is 0 Å². The zero-order valence-corrected chi connectivity index (χ0v) is 13.8. The molecule has 2 rings (SSSR count). The summed E-state index contributed by atoms with van der Waals surface area (Å²) in [5, 5.41) is 9.22. The van der Waals surface area contributed by atoms with Crippen molar-refractivity contribution in [2.24, 2.45) is 0 Å². The quantitative estimate of drug-likeness (QED) is 0.439. The molecule has 0 radical (unpaired) electrons. The second-order valence-corrected chi connectivity index (χ2v) is 7.30. The molecule has 2 heterocycles.